The molecular formula is C33H40N4. The normalized spacial score (nSPS) is 16.3. The Morgan fingerprint density at radius 2 is 1.38 bits per heavy atom. The molecule has 5 rings (SSSR count). The quantitative estimate of drug-likeness (QED) is 0.306. The van der Waals surface area contributed by atoms with E-state index in [-0.39, 0.29) is 11.5 Å². The van der Waals surface area contributed by atoms with E-state index in [4.69, 9.17) is 4.98 Å². The first kappa shape index (κ1) is 25.4. The molecule has 1 aliphatic rings. The fraction of sp³-hybridized carbons (Fsp3) is 0.364. The third-order valence-electron chi connectivity index (χ3n) is 8.02. The maximum atomic E-state index is 5.45. The topological polar surface area (TPSA) is 44.0 Å². The van der Waals surface area contributed by atoms with Crippen LogP contribution in [0.15, 0.2) is 78.9 Å². The van der Waals surface area contributed by atoms with E-state index in [2.05, 4.69) is 129 Å². The van der Waals surface area contributed by atoms with Gasteiger partial charge in [0.05, 0.1) is 11.2 Å². The van der Waals surface area contributed by atoms with Crippen molar-refractivity contribution in [2.45, 2.75) is 46.1 Å². The van der Waals surface area contributed by atoms with Crippen LogP contribution in [0.2, 0.25) is 0 Å². The van der Waals surface area contributed by atoms with Gasteiger partial charge in [-0.15, -0.1) is 0 Å². The molecule has 1 aromatic heterocycles. The molecule has 0 saturated carbocycles. The van der Waals surface area contributed by atoms with Crippen molar-refractivity contribution < 1.29 is 0 Å². The van der Waals surface area contributed by atoms with Gasteiger partial charge < -0.3 is 10.3 Å². The molecule has 0 amide bonds. The summed E-state index contributed by atoms with van der Waals surface area (Å²) in [6.07, 6.45) is 0. The summed E-state index contributed by atoms with van der Waals surface area (Å²) in [5.74, 6) is 1.37. The van der Waals surface area contributed by atoms with Crippen LogP contribution < -0.4 is 5.32 Å². The van der Waals surface area contributed by atoms with Gasteiger partial charge in [0.25, 0.3) is 0 Å². The van der Waals surface area contributed by atoms with Crippen LogP contribution >= 0.6 is 0 Å². The SMILES string of the molecule is Cc1cccc(C(c2cccc(C)c2)C(c2nc(-c3ccccc3)[nH]c2C)(C(C)C)N2CCNCC2)c1. The lowest BCUT2D eigenvalue weighted by molar-refractivity contribution is 0.0108. The number of aryl methyl sites for hydroxylation is 3. The number of nitrogens with one attached hydrogen (secondary N) is 2. The monoisotopic (exact) mass is 492 g/mol. The minimum Gasteiger partial charge on any atom is -0.342 e. The van der Waals surface area contributed by atoms with Crippen molar-refractivity contribution in [3.8, 4) is 11.4 Å². The van der Waals surface area contributed by atoms with Crippen molar-refractivity contribution >= 4 is 0 Å². The largest absolute Gasteiger partial charge is 0.342 e. The van der Waals surface area contributed by atoms with E-state index in [1.165, 1.54) is 22.3 Å². The molecule has 0 aliphatic carbocycles. The molecule has 0 radical (unpaired) electrons. The molecule has 1 atom stereocenters. The molecule has 2 N–H and O–H groups in total. The smallest absolute Gasteiger partial charge is 0.137 e. The van der Waals surface area contributed by atoms with E-state index in [9.17, 15) is 0 Å². The van der Waals surface area contributed by atoms with Crippen molar-refractivity contribution in [2.24, 2.45) is 5.92 Å². The highest BCUT2D eigenvalue weighted by Crippen LogP contribution is 2.51. The van der Waals surface area contributed by atoms with E-state index in [1.54, 1.807) is 0 Å². The van der Waals surface area contributed by atoms with Gasteiger partial charge in [-0.1, -0.05) is 104 Å². The zero-order valence-corrected chi connectivity index (χ0v) is 22.9. The van der Waals surface area contributed by atoms with Crippen molar-refractivity contribution in [3.63, 3.8) is 0 Å². The van der Waals surface area contributed by atoms with Crippen LogP contribution in [-0.4, -0.2) is 41.0 Å². The number of hydrogen-bond acceptors (Lipinski definition) is 3. The Kier molecular flexibility index (Phi) is 7.32. The van der Waals surface area contributed by atoms with Crippen LogP contribution in [0.1, 0.15) is 53.4 Å². The Hall–Kier alpha value is -3.21. The molecule has 37 heavy (non-hydrogen) atoms. The highest BCUT2D eigenvalue weighted by Gasteiger charge is 2.52. The van der Waals surface area contributed by atoms with Crippen molar-refractivity contribution in [3.05, 3.63) is 113 Å². The molecule has 4 aromatic rings. The number of nitrogens with zero attached hydrogens (tertiary/aromatic N) is 2. The summed E-state index contributed by atoms with van der Waals surface area (Å²) in [5, 5.41) is 3.59. The van der Waals surface area contributed by atoms with Gasteiger partial charge in [-0.05, 0) is 37.8 Å². The Morgan fingerprint density at radius 3 is 1.92 bits per heavy atom. The van der Waals surface area contributed by atoms with Crippen LogP contribution in [0.5, 0.6) is 0 Å². The van der Waals surface area contributed by atoms with Gasteiger partial charge in [-0.25, -0.2) is 4.98 Å². The van der Waals surface area contributed by atoms with Crippen LogP contribution in [0.4, 0.5) is 0 Å². The summed E-state index contributed by atoms with van der Waals surface area (Å²) < 4.78 is 0. The summed E-state index contributed by atoms with van der Waals surface area (Å²) in [6.45, 7) is 15.3. The number of H-pyrrole nitrogens is 1. The average Bonchev–Trinajstić information content (AvgIpc) is 3.29. The second kappa shape index (κ2) is 10.6. The summed E-state index contributed by atoms with van der Waals surface area (Å²) >= 11 is 0. The summed E-state index contributed by atoms with van der Waals surface area (Å²) in [5.41, 5.74) is 8.37. The number of rotatable bonds is 7. The number of aromatic amines is 1. The minimum atomic E-state index is -0.336. The fourth-order valence-corrected chi connectivity index (χ4v) is 6.46. The highest BCUT2D eigenvalue weighted by atomic mass is 15.3. The van der Waals surface area contributed by atoms with Gasteiger partial charge in [0.1, 0.15) is 5.82 Å². The molecule has 1 aliphatic heterocycles. The van der Waals surface area contributed by atoms with E-state index in [1.807, 2.05) is 0 Å². The van der Waals surface area contributed by atoms with Gasteiger partial charge in [0, 0.05) is 43.4 Å². The Balaban J connectivity index is 1.83. The lowest BCUT2D eigenvalue weighted by atomic mass is 9.65. The first-order chi connectivity index (χ1) is 17.9. The van der Waals surface area contributed by atoms with E-state index < -0.39 is 0 Å². The van der Waals surface area contributed by atoms with Crippen LogP contribution in [-0.2, 0) is 5.54 Å². The standard InChI is InChI=1S/C33H40N4/c1-23(2)33(37-19-17-34-18-20-37,31-26(5)35-32(36-31)27-13-7-6-8-14-27)30(28-15-9-11-24(3)21-28)29-16-10-12-25(4)22-29/h6-16,21-23,30,34H,17-20H2,1-5H3,(H,35,36). The van der Waals surface area contributed by atoms with Crippen molar-refractivity contribution in [2.75, 3.05) is 26.2 Å². The molecule has 1 fully saturated rings. The molecule has 2 heterocycles. The molecule has 1 unspecified atom stereocenters. The second-order valence-electron chi connectivity index (χ2n) is 10.9. The Morgan fingerprint density at radius 1 is 0.784 bits per heavy atom. The number of piperazine rings is 1. The number of imidazole rings is 1. The van der Waals surface area contributed by atoms with Gasteiger partial charge in [0.15, 0.2) is 0 Å². The number of aromatic nitrogens is 2. The van der Waals surface area contributed by atoms with E-state index in [0.717, 1.165) is 49.0 Å². The molecule has 0 bridgehead atoms. The minimum absolute atomic E-state index is 0.121. The van der Waals surface area contributed by atoms with Crippen molar-refractivity contribution in [1.82, 2.24) is 20.2 Å². The molecular weight excluding hydrogens is 452 g/mol. The van der Waals surface area contributed by atoms with Gasteiger partial charge in [-0.2, -0.15) is 0 Å². The molecule has 4 heteroatoms. The van der Waals surface area contributed by atoms with Gasteiger partial charge in [-0.3, -0.25) is 4.90 Å². The molecule has 4 nitrogen and oxygen atoms in total. The molecule has 0 spiro atoms. The predicted octanol–water partition coefficient (Wildman–Crippen LogP) is 6.59. The third-order valence-corrected chi connectivity index (χ3v) is 8.02. The lowest BCUT2D eigenvalue weighted by Gasteiger charge is -2.53. The van der Waals surface area contributed by atoms with Crippen LogP contribution in [0, 0.1) is 26.7 Å². The molecule has 192 valence electrons. The number of hydrogen-bond donors (Lipinski definition) is 2. The molecule has 1 saturated heterocycles. The summed E-state index contributed by atoms with van der Waals surface area (Å²) in [7, 11) is 0. The summed E-state index contributed by atoms with van der Waals surface area (Å²) in [6, 6.07) is 28.7. The Bertz CT molecular complexity index is 1290. The number of benzene rings is 3. The van der Waals surface area contributed by atoms with E-state index >= 15 is 0 Å². The van der Waals surface area contributed by atoms with Gasteiger partial charge >= 0.3 is 0 Å². The first-order valence-corrected chi connectivity index (χ1v) is 13.6. The lowest BCUT2D eigenvalue weighted by Crippen LogP contribution is -2.60. The zero-order chi connectivity index (χ0) is 26.0. The zero-order valence-electron chi connectivity index (χ0n) is 22.9. The third kappa shape index (κ3) is 4.76. The average molecular weight is 493 g/mol. The fourth-order valence-electron chi connectivity index (χ4n) is 6.46. The first-order valence-electron chi connectivity index (χ1n) is 13.6. The van der Waals surface area contributed by atoms with Crippen molar-refractivity contribution in [1.29, 1.82) is 0 Å². The molecule has 3 aromatic carbocycles. The van der Waals surface area contributed by atoms with E-state index in [0.29, 0.717) is 5.92 Å². The predicted molar refractivity (Wildman–Crippen MR) is 154 cm³/mol. The second-order valence-corrected chi connectivity index (χ2v) is 10.9. The Labute approximate surface area is 222 Å². The highest BCUT2D eigenvalue weighted by molar-refractivity contribution is 5.57. The maximum absolute atomic E-state index is 5.45. The van der Waals surface area contributed by atoms with Crippen LogP contribution in [0.3, 0.4) is 0 Å². The van der Waals surface area contributed by atoms with Gasteiger partial charge in [0.2, 0.25) is 0 Å². The van der Waals surface area contributed by atoms with Crippen LogP contribution in [0.25, 0.3) is 11.4 Å². The maximum Gasteiger partial charge on any atom is 0.137 e. The summed E-state index contributed by atoms with van der Waals surface area (Å²) in [4.78, 5) is 11.9.